The zero-order valence-electron chi connectivity index (χ0n) is 17.3. The average molecular weight is 493 g/mol. The van der Waals surface area contributed by atoms with E-state index in [0.717, 1.165) is 64.5 Å². The molecule has 2 rings (SSSR count). The summed E-state index contributed by atoms with van der Waals surface area (Å²) in [5.41, 5.74) is 5.87. The number of hydrogen-bond donors (Lipinski definition) is 3. The van der Waals surface area contributed by atoms with Gasteiger partial charge in [-0.05, 0) is 76.9 Å². The number of halogens is 1. The van der Waals surface area contributed by atoms with Crippen LogP contribution in [0.25, 0.3) is 0 Å². The molecular weight excluding hydrogens is 453 g/mol. The highest BCUT2D eigenvalue weighted by atomic mass is 127. The van der Waals surface area contributed by atoms with E-state index < -0.39 is 0 Å². The zero-order chi connectivity index (χ0) is 18.8. The molecule has 0 aromatic carbocycles. The summed E-state index contributed by atoms with van der Waals surface area (Å²) in [6, 6.07) is 0. The third kappa shape index (κ3) is 8.13. The van der Waals surface area contributed by atoms with Crippen LogP contribution in [0.4, 0.5) is 0 Å². The molecule has 1 heterocycles. The Kier molecular flexibility index (Phi) is 11.6. The predicted octanol–water partition coefficient (Wildman–Crippen LogP) is 2.72. The van der Waals surface area contributed by atoms with E-state index in [1.54, 1.807) is 0 Å². The second-order valence-electron chi connectivity index (χ2n) is 8.05. The molecule has 0 bridgehead atoms. The molecule has 1 saturated heterocycles. The van der Waals surface area contributed by atoms with Gasteiger partial charge in [0, 0.05) is 25.6 Å². The van der Waals surface area contributed by atoms with E-state index in [0.29, 0.717) is 5.41 Å². The zero-order valence-corrected chi connectivity index (χ0v) is 19.6. The van der Waals surface area contributed by atoms with E-state index in [1.165, 1.54) is 32.1 Å². The maximum Gasteiger partial charge on any atom is 0.220 e. The summed E-state index contributed by atoms with van der Waals surface area (Å²) < 4.78 is 0. The van der Waals surface area contributed by atoms with Crippen molar-refractivity contribution in [2.75, 3.05) is 39.3 Å². The van der Waals surface area contributed by atoms with Crippen LogP contribution in [0.2, 0.25) is 0 Å². The lowest BCUT2D eigenvalue weighted by atomic mass is 9.67. The lowest BCUT2D eigenvalue weighted by Gasteiger charge is -2.40. The molecule has 0 radical (unpaired) electrons. The molecule has 4 N–H and O–H groups in total. The van der Waals surface area contributed by atoms with Gasteiger partial charge in [-0.2, -0.15) is 0 Å². The van der Waals surface area contributed by atoms with Crippen molar-refractivity contribution < 1.29 is 4.79 Å². The highest BCUT2D eigenvalue weighted by Crippen LogP contribution is 2.43. The van der Waals surface area contributed by atoms with Gasteiger partial charge in [-0.1, -0.05) is 13.3 Å². The number of hydrogen-bond acceptors (Lipinski definition) is 3. The quantitative estimate of drug-likeness (QED) is 0.189. The minimum absolute atomic E-state index is 0. The van der Waals surface area contributed by atoms with E-state index in [4.69, 9.17) is 10.7 Å². The summed E-state index contributed by atoms with van der Waals surface area (Å²) in [6.07, 6.45) is 9.42. The lowest BCUT2D eigenvalue weighted by molar-refractivity contribution is -0.123. The molecule has 7 heteroatoms. The number of amides is 1. The number of aliphatic imine (C=N–C) groups is 1. The van der Waals surface area contributed by atoms with Crippen LogP contribution in [0.15, 0.2) is 4.99 Å². The molecule has 0 aromatic rings. The van der Waals surface area contributed by atoms with Crippen molar-refractivity contribution >= 4 is 35.8 Å². The molecule has 158 valence electrons. The van der Waals surface area contributed by atoms with Crippen molar-refractivity contribution in [2.45, 2.75) is 65.2 Å². The SMILES string of the molecule is CCNC(=NCC1(CC)CCC1)NCCCCN1CCC(C(N)=O)CC1.I. The number of nitrogens with two attached hydrogens (primary N) is 1. The van der Waals surface area contributed by atoms with Gasteiger partial charge in [0.05, 0.1) is 0 Å². The Labute approximate surface area is 182 Å². The third-order valence-electron chi connectivity index (χ3n) is 6.26. The van der Waals surface area contributed by atoms with Gasteiger partial charge in [0.1, 0.15) is 0 Å². The minimum atomic E-state index is -0.129. The van der Waals surface area contributed by atoms with Crippen LogP contribution in [0.1, 0.15) is 65.2 Å². The van der Waals surface area contributed by atoms with Gasteiger partial charge < -0.3 is 21.3 Å². The summed E-state index contributed by atoms with van der Waals surface area (Å²) in [4.78, 5) is 18.5. The van der Waals surface area contributed by atoms with E-state index in [9.17, 15) is 4.79 Å². The molecule has 2 fully saturated rings. The van der Waals surface area contributed by atoms with Crippen molar-refractivity contribution in [3.05, 3.63) is 0 Å². The number of primary amides is 1. The first kappa shape index (κ1) is 24.5. The summed E-state index contributed by atoms with van der Waals surface area (Å²) in [6.45, 7) is 10.3. The molecular formula is C20H40IN5O. The standard InChI is InChI=1S/C20H39N5O.HI/c1-3-20(10-7-11-20)16-24-19(22-4-2)23-12-5-6-13-25-14-8-17(9-15-25)18(21)26;/h17H,3-16H2,1-2H3,(H2,21,26)(H2,22,23,24);1H. The molecule has 0 spiro atoms. The van der Waals surface area contributed by atoms with Gasteiger partial charge in [0.15, 0.2) is 5.96 Å². The van der Waals surface area contributed by atoms with Crippen molar-refractivity contribution in [3.63, 3.8) is 0 Å². The molecule has 0 atom stereocenters. The molecule has 0 unspecified atom stereocenters. The summed E-state index contributed by atoms with van der Waals surface area (Å²) in [7, 11) is 0. The largest absolute Gasteiger partial charge is 0.369 e. The summed E-state index contributed by atoms with van der Waals surface area (Å²) in [5.74, 6) is 0.930. The number of carbonyl (C=O) groups is 1. The number of likely N-dealkylation sites (tertiary alicyclic amines) is 1. The number of nitrogens with zero attached hydrogens (tertiary/aromatic N) is 2. The lowest BCUT2D eigenvalue weighted by Crippen LogP contribution is -2.40. The van der Waals surface area contributed by atoms with Gasteiger partial charge in [-0.3, -0.25) is 9.79 Å². The van der Waals surface area contributed by atoms with E-state index in [-0.39, 0.29) is 35.8 Å². The molecule has 1 saturated carbocycles. The second-order valence-corrected chi connectivity index (χ2v) is 8.05. The Hall–Kier alpha value is -0.570. The third-order valence-corrected chi connectivity index (χ3v) is 6.26. The maximum atomic E-state index is 11.2. The Morgan fingerprint density at radius 2 is 1.89 bits per heavy atom. The fourth-order valence-corrected chi connectivity index (χ4v) is 4.00. The Balaban J connectivity index is 0.00000364. The van der Waals surface area contributed by atoms with Crippen molar-refractivity contribution in [3.8, 4) is 0 Å². The van der Waals surface area contributed by atoms with Crippen LogP contribution in [0.3, 0.4) is 0 Å². The highest BCUT2D eigenvalue weighted by molar-refractivity contribution is 14.0. The molecule has 2 aliphatic rings. The first-order valence-electron chi connectivity index (χ1n) is 10.6. The van der Waals surface area contributed by atoms with Crippen LogP contribution in [0, 0.1) is 11.3 Å². The molecule has 1 aliphatic heterocycles. The summed E-state index contributed by atoms with van der Waals surface area (Å²) in [5, 5.41) is 6.85. The molecule has 1 aliphatic carbocycles. The smallest absolute Gasteiger partial charge is 0.220 e. The van der Waals surface area contributed by atoms with Crippen LogP contribution < -0.4 is 16.4 Å². The van der Waals surface area contributed by atoms with E-state index in [1.807, 2.05) is 0 Å². The van der Waals surface area contributed by atoms with E-state index >= 15 is 0 Å². The molecule has 27 heavy (non-hydrogen) atoms. The molecule has 0 aromatic heterocycles. The van der Waals surface area contributed by atoms with Gasteiger partial charge in [-0.15, -0.1) is 24.0 Å². The fourth-order valence-electron chi connectivity index (χ4n) is 4.00. The summed E-state index contributed by atoms with van der Waals surface area (Å²) >= 11 is 0. The predicted molar refractivity (Wildman–Crippen MR) is 124 cm³/mol. The number of unbranched alkanes of at least 4 members (excludes halogenated alkanes) is 1. The van der Waals surface area contributed by atoms with Crippen LogP contribution in [-0.4, -0.2) is 56.0 Å². The minimum Gasteiger partial charge on any atom is -0.369 e. The van der Waals surface area contributed by atoms with Crippen molar-refractivity contribution in [1.82, 2.24) is 15.5 Å². The fraction of sp³-hybridized carbons (Fsp3) is 0.900. The Bertz CT molecular complexity index is 454. The molecule has 6 nitrogen and oxygen atoms in total. The monoisotopic (exact) mass is 493 g/mol. The van der Waals surface area contributed by atoms with Gasteiger partial charge in [-0.25, -0.2) is 0 Å². The number of nitrogens with one attached hydrogen (secondary N) is 2. The maximum absolute atomic E-state index is 11.2. The average Bonchev–Trinajstić information content (AvgIpc) is 2.61. The van der Waals surface area contributed by atoms with Crippen molar-refractivity contribution in [2.24, 2.45) is 22.1 Å². The number of piperidine rings is 1. The van der Waals surface area contributed by atoms with Gasteiger partial charge in [0.25, 0.3) is 0 Å². The van der Waals surface area contributed by atoms with Crippen LogP contribution >= 0.6 is 24.0 Å². The Morgan fingerprint density at radius 3 is 2.41 bits per heavy atom. The number of rotatable bonds is 10. The topological polar surface area (TPSA) is 82.8 Å². The van der Waals surface area contributed by atoms with Gasteiger partial charge >= 0.3 is 0 Å². The number of guanidine groups is 1. The normalized spacial score (nSPS) is 20.4. The first-order valence-corrected chi connectivity index (χ1v) is 10.6. The van der Waals surface area contributed by atoms with Crippen LogP contribution in [0.5, 0.6) is 0 Å². The highest BCUT2D eigenvalue weighted by Gasteiger charge is 2.34. The molecule has 1 amide bonds. The second kappa shape index (κ2) is 12.8. The Morgan fingerprint density at radius 1 is 1.19 bits per heavy atom. The van der Waals surface area contributed by atoms with E-state index in [2.05, 4.69) is 29.4 Å². The van der Waals surface area contributed by atoms with Crippen LogP contribution in [-0.2, 0) is 4.79 Å². The van der Waals surface area contributed by atoms with Crippen molar-refractivity contribution in [1.29, 1.82) is 0 Å². The number of carbonyl (C=O) groups excluding carboxylic acids is 1. The first-order chi connectivity index (χ1) is 12.6. The van der Waals surface area contributed by atoms with Gasteiger partial charge in [0.2, 0.25) is 5.91 Å².